The molecule has 0 aliphatic heterocycles. The molecule has 0 aliphatic rings. The third-order valence-electron chi connectivity index (χ3n) is 2.75. The Hall–Kier alpha value is -1.61. The second kappa shape index (κ2) is 7.10. The summed E-state index contributed by atoms with van der Waals surface area (Å²) in [6, 6.07) is 17.3. The maximum Gasteiger partial charge on any atom is 0.163 e. The van der Waals surface area contributed by atoms with Crippen LogP contribution in [0.25, 0.3) is 0 Å². The maximum absolute atomic E-state index is 11.7. The molecule has 0 aliphatic carbocycles. The Balaban J connectivity index is 1.94. The summed E-state index contributed by atoms with van der Waals surface area (Å²) >= 11 is 3.27. The molecule has 0 aromatic heterocycles. The third-order valence-corrected chi connectivity index (χ3v) is 3.14. The van der Waals surface area contributed by atoms with E-state index in [1.165, 1.54) is 0 Å². The molecule has 0 unspecified atom stereocenters. The number of benzene rings is 2. The fourth-order valence-corrected chi connectivity index (χ4v) is 2.07. The molecule has 98 valence electrons. The Kier molecular flexibility index (Phi) is 5.16. The predicted molar refractivity (Wildman–Crippen MR) is 80.0 cm³/mol. The Morgan fingerprint density at radius 1 is 1.00 bits per heavy atom. The molecule has 2 nitrogen and oxygen atoms in total. The van der Waals surface area contributed by atoms with Gasteiger partial charge in [-0.3, -0.25) is 4.79 Å². The lowest BCUT2D eigenvalue weighted by Gasteiger charge is -2.07. The third kappa shape index (κ3) is 4.21. The summed E-state index contributed by atoms with van der Waals surface area (Å²) in [5, 5.41) is 0.693. The average Bonchev–Trinajstić information content (AvgIpc) is 2.47. The predicted octanol–water partition coefficient (Wildman–Crippen LogP) is 4.23. The molecule has 0 atom stereocenters. The first kappa shape index (κ1) is 13.8. The molecular weight excluding hydrogens is 304 g/mol. The quantitative estimate of drug-likeness (QED) is 0.588. The molecule has 0 fully saturated rings. The van der Waals surface area contributed by atoms with Crippen molar-refractivity contribution in [2.24, 2.45) is 0 Å². The molecule has 19 heavy (non-hydrogen) atoms. The molecule has 0 amide bonds. The minimum absolute atomic E-state index is 0.145. The van der Waals surface area contributed by atoms with Crippen molar-refractivity contribution in [1.82, 2.24) is 0 Å². The van der Waals surface area contributed by atoms with Crippen molar-refractivity contribution in [3.05, 3.63) is 65.7 Å². The summed E-state index contributed by atoms with van der Waals surface area (Å²) in [5.41, 5.74) is 1.86. The summed E-state index contributed by atoms with van der Waals surface area (Å²) in [6.45, 7) is 0.537. The van der Waals surface area contributed by atoms with Crippen LogP contribution in [0.1, 0.15) is 22.3 Å². The van der Waals surface area contributed by atoms with Crippen molar-refractivity contribution < 1.29 is 9.53 Å². The van der Waals surface area contributed by atoms with E-state index in [1.54, 1.807) is 0 Å². The first-order valence-electron chi connectivity index (χ1n) is 6.15. The van der Waals surface area contributed by atoms with Crippen molar-refractivity contribution >= 4 is 21.7 Å². The van der Waals surface area contributed by atoms with E-state index in [2.05, 4.69) is 15.9 Å². The smallest absolute Gasteiger partial charge is 0.163 e. The molecule has 0 spiro atoms. The van der Waals surface area contributed by atoms with E-state index in [1.807, 2.05) is 54.6 Å². The van der Waals surface area contributed by atoms with Gasteiger partial charge in [0.2, 0.25) is 0 Å². The van der Waals surface area contributed by atoms with Crippen molar-refractivity contribution in [2.75, 3.05) is 5.33 Å². The minimum Gasteiger partial charge on any atom is -0.489 e. The second-order valence-electron chi connectivity index (χ2n) is 4.16. The number of rotatable bonds is 6. The van der Waals surface area contributed by atoms with Gasteiger partial charge in [-0.15, -0.1) is 0 Å². The average molecular weight is 319 g/mol. The lowest BCUT2D eigenvalue weighted by Crippen LogP contribution is -2.00. The normalized spacial score (nSPS) is 10.2. The molecule has 2 rings (SSSR count). The molecule has 0 bridgehead atoms. The van der Waals surface area contributed by atoms with Crippen LogP contribution in [0.15, 0.2) is 54.6 Å². The number of ether oxygens (including phenoxy) is 1. The van der Waals surface area contributed by atoms with Crippen molar-refractivity contribution in [3.8, 4) is 5.75 Å². The van der Waals surface area contributed by atoms with Crippen LogP contribution in [-0.4, -0.2) is 11.1 Å². The summed E-state index contributed by atoms with van der Waals surface area (Å²) in [4.78, 5) is 11.7. The highest BCUT2D eigenvalue weighted by Crippen LogP contribution is 2.15. The number of hydrogen-bond acceptors (Lipinski definition) is 2. The van der Waals surface area contributed by atoms with Gasteiger partial charge in [-0.2, -0.15) is 0 Å². The fraction of sp³-hybridized carbons (Fsp3) is 0.188. The van der Waals surface area contributed by atoms with Crippen LogP contribution >= 0.6 is 15.9 Å². The van der Waals surface area contributed by atoms with E-state index in [4.69, 9.17) is 4.74 Å². The Morgan fingerprint density at radius 3 is 2.32 bits per heavy atom. The van der Waals surface area contributed by atoms with Crippen LogP contribution in [0, 0.1) is 0 Å². The van der Waals surface area contributed by atoms with Gasteiger partial charge < -0.3 is 4.74 Å². The van der Waals surface area contributed by atoms with Gasteiger partial charge in [0.1, 0.15) is 12.4 Å². The lowest BCUT2D eigenvalue weighted by atomic mass is 10.1. The molecule has 0 saturated heterocycles. The summed E-state index contributed by atoms with van der Waals surface area (Å²) in [7, 11) is 0. The van der Waals surface area contributed by atoms with Gasteiger partial charge in [-0.05, 0) is 29.8 Å². The van der Waals surface area contributed by atoms with E-state index in [9.17, 15) is 4.79 Å². The molecule has 2 aromatic carbocycles. The van der Waals surface area contributed by atoms with E-state index >= 15 is 0 Å². The highest BCUT2D eigenvalue weighted by molar-refractivity contribution is 9.09. The molecule has 0 heterocycles. The van der Waals surface area contributed by atoms with Crippen LogP contribution in [0.3, 0.4) is 0 Å². The van der Waals surface area contributed by atoms with Gasteiger partial charge in [0.15, 0.2) is 5.78 Å². The van der Waals surface area contributed by atoms with Crippen molar-refractivity contribution in [3.63, 3.8) is 0 Å². The standard InChI is InChI=1S/C16H15BrO2/c17-11-10-16(18)14-6-8-15(9-7-14)19-12-13-4-2-1-3-5-13/h1-9H,10-12H2. The Bertz CT molecular complexity index is 520. The first-order chi connectivity index (χ1) is 9.29. The van der Waals surface area contributed by atoms with E-state index in [-0.39, 0.29) is 5.78 Å². The van der Waals surface area contributed by atoms with Gasteiger partial charge in [0.05, 0.1) is 0 Å². The van der Waals surface area contributed by atoms with Crippen molar-refractivity contribution in [2.45, 2.75) is 13.0 Å². The van der Waals surface area contributed by atoms with Crippen LogP contribution in [0.2, 0.25) is 0 Å². The summed E-state index contributed by atoms with van der Waals surface area (Å²) < 4.78 is 5.67. The molecule has 3 heteroatoms. The minimum atomic E-state index is 0.145. The summed E-state index contributed by atoms with van der Waals surface area (Å²) in [6.07, 6.45) is 0.518. The SMILES string of the molecule is O=C(CCBr)c1ccc(OCc2ccccc2)cc1. The number of ketones is 1. The number of halogens is 1. The topological polar surface area (TPSA) is 26.3 Å². The largest absolute Gasteiger partial charge is 0.489 e. The van der Waals surface area contributed by atoms with Gasteiger partial charge in [0.25, 0.3) is 0 Å². The molecular formula is C16H15BrO2. The van der Waals surface area contributed by atoms with E-state index in [0.717, 1.165) is 16.9 Å². The molecule has 0 saturated carbocycles. The number of carbonyl (C=O) groups excluding carboxylic acids is 1. The van der Waals surface area contributed by atoms with Crippen LogP contribution < -0.4 is 4.74 Å². The van der Waals surface area contributed by atoms with Crippen LogP contribution in [0.4, 0.5) is 0 Å². The highest BCUT2D eigenvalue weighted by atomic mass is 79.9. The molecule has 2 aromatic rings. The zero-order chi connectivity index (χ0) is 13.5. The maximum atomic E-state index is 11.7. The van der Waals surface area contributed by atoms with E-state index in [0.29, 0.717) is 18.4 Å². The van der Waals surface area contributed by atoms with Crippen LogP contribution in [-0.2, 0) is 6.61 Å². The van der Waals surface area contributed by atoms with Gasteiger partial charge >= 0.3 is 0 Å². The highest BCUT2D eigenvalue weighted by Gasteiger charge is 2.04. The van der Waals surface area contributed by atoms with Gasteiger partial charge in [-0.25, -0.2) is 0 Å². The zero-order valence-electron chi connectivity index (χ0n) is 10.5. The zero-order valence-corrected chi connectivity index (χ0v) is 12.1. The summed E-state index contributed by atoms with van der Waals surface area (Å²) in [5.74, 6) is 0.922. The molecule has 0 radical (unpaired) electrons. The number of hydrogen-bond donors (Lipinski definition) is 0. The van der Waals surface area contributed by atoms with E-state index < -0.39 is 0 Å². The first-order valence-corrected chi connectivity index (χ1v) is 7.27. The van der Waals surface area contributed by atoms with Gasteiger partial charge in [-0.1, -0.05) is 46.3 Å². The Morgan fingerprint density at radius 2 is 1.68 bits per heavy atom. The number of alkyl halides is 1. The second-order valence-corrected chi connectivity index (χ2v) is 4.95. The number of Topliss-reactive ketones (excluding diaryl/α,β-unsaturated/α-hetero) is 1. The fourth-order valence-electron chi connectivity index (χ4n) is 1.71. The molecule has 0 N–H and O–H groups in total. The van der Waals surface area contributed by atoms with Crippen LogP contribution in [0.5, 0.6) is 5.75 Å². The lowest BCUT2D eigenvalue weighted by molar-refractivity contribution is 0.0990. The number of carbonyl (C=O) groups is 1. The monoisotopic (exact) mass is 318 g/mol. The van der Waals surface area contributed by atoms with Crippen molar-refractivity contribution in [1.29, 1.82) is 0 Å². The Labute approximate surface area is 121 Å². The van der Waals surface area contributed by atoms with Gasteiger partial charge in [0, 0.05) is 17.3 Å².